The summed E-state index contributed by atoms with van der Waals surface area (Å²) in [5.41, 5.74) is 3.10. The van der Waals surface area contributed by atoms with E-state index in [1.165, 1.54) is 0 Å². The molecule has 0 aliphatic carbocycles. The van der Waals surface area contributed by atoms with Crippen molar-refractivity contribution in [3.8, 4) is 5.75 Å². The van der Waals surface area contributed by atoms with Crippen molar-refractivity contribution in [2.75, 3.05) is 11.9 Å². The minimum atomic E-state index is -0.0236. The second-order valence-corrected chi connectivity index (χ2v) is 6.17. The number of nitrogens with one attached hydrogen (secondary N) is 1. The number of hydrogen-bond acceptors (Lipinski definition) is 2. The summed E-state index contributed by atoms with van der Waals surface area (Å²) in [5, 5.41) is 3.97. The molecule has 122 valence electrons. The molecule has 0 fully saturated rings. The van der Waals surface area contributed by atoms with Crippen LogP contribution in [0.25, 0.3) is 0 Å². The van der Waals surface area contributed by atoms with Gasteiger partial charge in [-0.05, 0) is 55.7 Å². The van der Waals surface area contributed by atoms with Crippen molar-refractivity contribution in [1.82, 2.24) is 0 Å². The van der Waals surface area contributed by atoms with Gasteiger partial charge in [-0.1, -0.05) is 35.3 Å². The SMILES string of the molecule is Cc1cccc(NC(=O)CCCOc2ccc(Cl)cc2Cl)c1C. The maximum atomic E-state index is 12.0. The van der Waals surface area contributed by atoms with Crippen molar-refractivity contribution in [3.05, 3.63) is 57.6 Å². The predicted octanol–water partition coefficient (Wildman–Crippen LogP) is 5.41. The Morgan fingerprint density at radius 2 is 1.96 bits per heavy atom. The second kappa shape index (κ2) is 8.23. The molecule has 1 N–H and O–H groups in total. The monoisotopic (exact) mass is 351 g/mol. The van der Waals surface area contributed by atoms with Crippen molar-refractivity contribution in [1.29, 1.82) is 0 Å². The van der Waals surface area contributed by atoms with Gasteiger partial charge in [-0.2, -0.15) is 0 Å². The highest BCUT2D eigenvalue weighted by molar-refractivity contribution is 6.35. The maximum Gasteiger partial charge on any atom is 0.224 e. The predicted molar refractivity (Wildman–Crippen MR) is 95.7 cm³/mol. The van der Waals surface area contributed by atoms with E-state index in [0.717, 1.165) is 16.8 Å². The number of halogens is 2. The van der Waals surface area contributed by atoms with Crippen LogP contribution in [0.4, 0.5) is 5.69 Å². The first kappa shape index (κ1) is 17.6. The molecule has 23 heavy (non-hydrogen) atoms. The molecule has 5 heteroatoms. The van der Waals surface area contributed by atoms with Crippen LogP contribution in [0.5, 0.6) is 5.75 Å². The Morgan fingerprint density at radius 1 is 1.17 bits per heavy atom. The number of amides is 1. The van der Waals surface area contributed by atoms with E-state index in [0.29, 0.717) is 35.2 Å². The van der Waals surface area contributed by atoms with E-state index in [1.54, 1.807) is 18.2 Å². The van der Waals surface area contributed by atoms with Crippen LogP contribution in [-0.4, -0.2) is 12.5 Å². The van der Waals surface area contributed by atoms with Gasteiger partial charge < -0.3 is 10.1 Å². The van der Waals surface area contributed by atoms with E-state index < -0.39 is 0 Å². The molecule has 0 heterocycles. The fourth-order valence-electron chi connectivity index (χ4n) is 2.11. The largest absolute Gasteiger partial charge is 0.492 e. The Morgan fingerprint density at radius 3 is 2.70 bits per heavy atom. The second-order valence-electron chi connectivity index (χ2n) is 5.32. The Kier molecular flexibility index (Phi) is 6.31. The number of benzene rings is 2. The van der Waals surface area contributed by atoms with Crippen LogP contribution >= 0.6 is 23.2 Å². The van der Waals surface area contributed by atoms with Crippen LogP contribution in [0, 0.1) is 13.8 Å². The first-order valence-electron chi connectivity index (χ1n) is 7.41. The van der Waals surface area contributed by atoms with Gasteiger partial charge in [0.15, 0.2) is 0 Å². The number of ether oxygens (including phenoxy) is 1. The Balaban J connectivity index is 1.78. The summed E-state index contributed by atoms with van der Waals surface area (Å²) in [6.07, 6.45) is 0.994. The van der Waals surface area contributed by atoms with Crippen LogP contribution in [0.15, 0.2) is 36.4 Å². The summed E-state index contributed by atoms with van der Waals surface area (Å²) >= 11 is 11.8. The van der Waals surface area contributed by atoms with Gasteiger partial charge in [-0.15, -0.1) is 0 Å². The number of anilines is 1. The molecule has 2 rings (SSSR count). The van der Waals surface area contributed by atoms with Crippen LogP contribution in [0.1, 0.15) is 24.0 Å². The van der Waals surface area contributed by atoms with Crippen LogP contribution in [-0.2, 0) is 4.79 Å². The van der Waals surface area contributed by atoms with Crippen LogP contribution in [0.2, 0.25) is 10.0 Å². The molecule has 0 aromatic heterocycles. The molecule has 0 aliphatic rings. The number of rotatable bonds is 6. The summed E-state index contributed by atoms with van der Waals surface area (Å²) in [7, 11) is 0. The number of hydrogen-bond donors (Lipinski definition) is 1. The first-order valence-corrected chi connectivity index (χ1v) is 8.17. The molecular weight excluding hydrogens is 333 g/mol. The van der Waals surface area contributed by atoms with Crippen molar-refractivity contribution in [2.45, 2.75) is 26.7 Å². The van der Waals surface area contributed by atoms with Crippen LogP contribution in [0.3, 0.4) is 0 Å². The van der Waals surface area contributed by atoms with E-state index in [2.05, 4.69) is 5.32 Å². The lowest BCUT2D eigenvalue weighted by atomic mass is 10.1. The van der Waals surface area contributed by atoms with E-state index in [4.69, 9.17) is 27.9 Å². The molecule has 2 aromatic rings. The highest BCUT2D eigenvalue weighted by Gasteiger charge is 2.07. The molecular formula is C18H19Cl2NO2. The Bertz CT molecular complexity index is 701. The fourth-order valence-corrected chi connectivity index (χ4v) is 2.57. The molecule has 0 radical (unpaired) electrons. The third kappa shape index (κ3) is 5.15. The molecule has 0 bridgehead atoms. The maximum absolute atomic E-state index is 12.0. The summed E-state index contributed by atoms with van der Waals surface area (Å²) in [6, 6.07) is 10.9. The Hall–Kier alpha value is -1.71. The molecule has 0 aliphatic heterocycles. The third-order valence-corrected chi connectivity index (χ3v) is 4.11. The topological polar surface area (TPSA) is 38.3 Å². The smallest absolute Gasteiger partial charge is 0.224 e. The minimum Gasteiger partial charge on any atom is -0.492 e. The lowest BCUT2D eigenvalue weighted by molar-refractivity contribution is -0.116. The van der Waals surface area contributed by atoms with E-state index in [9.17, 15) is 4.79 Å². The standard InChI is InChI=1S/C18H19Cl2NO2/c1-12-5-3-6-16(13(12)2)21-18(22)7-4-10-23-17-9-8-14(19)11-15(17)20/h3,5-6,8-9,11H,4,7,10H2,1-2H3,(H,21,22). The molecule has 0 saturated carbocycles. The van der Waals surface area contributed by atoms with Crippen molar-refractivity contribution < 1.29 is 9.53 Å². The molecule has 1 amide bonds. The van der Waals surface area contributed by atoms with E-state index >= 15 is 0 Å². The van der Waals surface area contributed by atoms with Crippen molar-refractivity contribution in [3.63, 3.8) is 0 Å². The zero-order chi connectivity index (χ0) is 16.8. The molecule has 3 nitrogen and oxygen atoms in total. The van der Waals surface area contributed by atoms with Crippen LogP contribution < -0.4 is 10.1 Å². The lowest BCUT2D eigenvalue weighted by Crippen LogP contribution is -2.13. The van der Waals surface area contributed by atoms with Gasteiger partial charge in [-0.25, -0.2) is 0 Å². The van der Waals surface area contributed by atoms with E-state index in [-0.39, 0.29) is 5.91 Å². The average molecular weight is 352 g/mol. The van der Waals surface area contributed by atoms with Gasteiger partial charge in [0.2, 0.25) is 5.91 Å². The number of carbonyl (C=O) groups is 1. The third-order valence-electron chi connectivity index (χ3n) is 3.58. The summed E-state index contributed by atoms with van der Waals surface area (Å²) in [6.45, 7) is 4.44. The molecule has 0 unspecified atom stereocenters. The summed E-state index contributed by atoms with van der Waals surface area (Å²) < 4.78 is 5.56. The van der Waals surface area contributed by atoms with Crippen molar-refractivity contribution >= 4 is 34.8 Å². The lowest BCUT2D eigenvalue weighted by Gasteiger charge is -2.11. The average Bonchev–Trinajstić information content (AvgIpc) is 2.50. The van der Waals surface area contributed by atoms with Crippen molar-refractivity contribution in [2.24, 2.45) is 0 Å². The van der Waals surface area contributed by atoms with Gasteiger partial charge in [0.05, 0.1) is 11.6 Å². The normalized spacial score (nSPS) is 10.4. The zero-order valence-electron chi connectivity index (χ0n) is 13.2. The van der Waals surface area contributed by atoms with E-state index in [1.807, 2.05) is 32.0 Å². The van der Waals surface area contributed by atoms with Gasteiger partial charge in [0, 0.05) is 17.1 Å². The first-order chi connectivity index (χ1) is 11.0. The molecule has 0 saturated heterocycles. The summed E-state index contributed by atoms with van der Waals surface area (Å²) in [4.78, 5) is 12.0. The summed E-state index contributed by atoms with van der Waals surface area (Å²) in [5.74, 6) is 0.551. The highest BCUT2D eigenvalue weighted by atomic mass is 35.5. The zero-order valence-corrected chi connectivity index (χ0v) is 14.7. The minimum absolute atomic E-state index is 0.0236. The van der Waals surface area contributed by atoms with Gasteiger partial charge in [-0.3, -0.25) is 4.79 Å². The fraction of sp³-hybridized carbons (Fsp3) is 0.278. The highest BCUT2D eigenvalue weighted by Crippen LogP contribution is 2.27. The molecule has 2 aromatic carbocycles. The Labute approximate surface area is 146 Å². The van der Waals surface area contributed by atoms with Gasteiger partial charge in [0.1, 0.15) is 5.75 Å². The number of aryl methyl sites for hydroxylation is 1. The molecule has 0 atom stereocenters. The van der Waals surface area contributed by atoms with Gasteiger partial charge in [0.25, 0.3) is 0 Å². The molecule has 0 spiro atoms. The van der Waals surface area contributed by atoms with Gasteiger partial charge >= 0.3 is 0 Å². The quantitative estimate of drug-likeness (QED) is 0.706. The number of carbonyl (C=O) groups excluding carboxylic acids is 1.